The molecule has 0 aliphatic carbocycles. The molecule has 7 nitrogen and oxygen atoms in total. The van der Waals surface area contributed by atoms with E-state index < -0.39 is 0 Å². The molecule has 1 amide bonds. The zero-order valence-corrected chi connectivity index (χ0v) is 16.8. The summed E-state index contributed by atoms with van der Waals surface area (Å²) in [5.41, 5.74) is 3.83. The number of nitrogens with zero attached hydrogens (tertiary/aromatic N) is 3. The number of fused-ring (bicyclic) bond motifs is 1. The van der Waals surface area contributed by atoms with Crippen molar-refractivity contribution in [1.29, 1.82) is 0 Å². The minimum absolute atomic E-state index is 0.0213. The van der Waals surface area contributed by atoms with E-state index in [4.69, 9.17) is 4.74 Å². The molecule has 0 saturated carbocycles. The Labute approximate surface area is 171 Å². The highest BCUT2D eigenvalue weighted by Crippen LogP contribution is 2.32. The number of hydrogen-bond acceptors (Lipinski definition) is 5. The van der Waals surface area contributed by atoms with Crippen LogP contribution in [0.2, 0.25) is 0 Å². The van der Waals surface area contributed by atoms with Crippen LogP contribution in [0.4, 0.5) is 0 Å². The summed E-state index contributed by atoms with van der Waals surface area (Å²) in [6.07, 6.45) is 3.31. The SMILES string of the molecule is O=C(c1n[nH]c2c1CCNC2)N1CCO[C@@H](CN2CCCC2)[C@@H]1c1ccccc1. The third-order valence-corrected chi connectivity index (χ3v) is 6.40. The van der Waals surface area contributed by atoms with Gasteiger partial charge in [0, 0.05) is 25.2 Å². The lowest BCUT2D eigenvalue weighted by atomic mass is 9.96. The largest absolute Gasteiger partial charge is 0.373 e. The maximum absolute atomic E-state index is 13.7. The fourth-order valence-electron chi connectivity index (χ4n) is 4.93. The van der Waals surface area contributed by atoms with Crippen molar-refractivity contribution in [3.05, 3.63) is 52.8 Å². The summed E-state index contributed by atoms with van der Waals surface area (Å²) in [6.45, 7) is 5.90. The Balaban J connectivity index is 1.46. The zero-order valence-electron chi connectivity index (χ0n) is 16.8. The van der Waals surface area contributed by atoms with Crippen LogP contribution < -0.4 is 5.32 Å². The fourth-order valence-corrected chi connectivity index (χ4v) is 4.93. The Morgan fingerprint density at radius 3 is 2.83 bits per heavy atom. The Hall–Kier alpha value is -2.22. The van der Waals surface area contributed by atoms with Gasteiger partial charge in [0.1, 0.15) is 0 Å². The van der Waals surface area contributed by atoms with Gasteiger partial charge in [0.15, 0.2) is 5.69 Å². The third kappa shape index (κ3) is 3.70. The number of amides is 1. The van der Waals surface area contributed by atoms with Crippen LogP contribution in [0.25, 0.3) is 0 Å². The number of carbonyl (C=O) groups excluding carboxylic acids is 1. The molecule has 0 bridgehead atoms. The Morgan fingerprint density at radius 2 is 2.00 bits per heavy atom. The summed E-state index contributed by atoms with van der Waals surface area (Å²) >= 11 is 0. The molecule has 0 spiro atoms. The van der Waals surface area contributed by atoms with E-state index in [1.807, 2.05) is 23.1 Å². The molecule has 2 N–H and O–H groups in total. The van der Waals surface area contributed by atoms with Crippen LogP contribution in [0.1, 0.15) is 46.2 Å². The van der Waals surface area contributed by atoms with Crippen molar-refractivity contribution in [1.82, 2.24) is 25.3 Å². The molecule has 2 saturated heterocycles. The molecule has 1 aromatic carbocycles. The molecule has 154 valence electrons. The van der Waals surface area contributed by atoms with E-state index in [0.717, 1.165) is 56.0 Å². The number of nitrogens with one attached hydrogen (secondary N) is 2. The zero-order chi connectivity index (χ0) is 19.6. The highest BCUT2D eigenvalue weighted by molar-refractivity contribution is 5.94. The quantitative estimate of drug-likeness (QED) is 0.825. The standard InChI is InChI=1S/C22H29N5O2/c28-22(20-17-8-9-23-14-18(17)24-25-20)27-12-13-29-19(15-26-10-4-5-11-26)21(27)16-6-2-1-3-7-16/h1-3,6-7,19,21,23H,4-5,8-15H2,(H,24,25)/t19-,21-/m0/s1. The third-order valence-electron chi connectivity index (χ3n) is 6.40. The lowest BCUT2D eigenvalue weighted by Crippen LogP contribution is -2.51. The molecule has 4 heterocycles. The summed E-state index contributed by atoms with van der Waals surface area (Å²) in [5.74, 6) is 0.0213. The van der Waals surface area contributed by atoms with Crippen LogP contribution in [0.3, 0.4) is 0 Å². The van der Waals surface area contributed by atoms with E-state index in [2.05, 4.69) is 32.5 Å². The number of carbonyl (C=O) groups is 1. The van der Waals surface area contributed by atoms with Gasteiger partial charge in [-0.25, -0.2) is 0 Å². The second kappa shape index (κ2) is 8.26. The summed E-state index contributed by atoms with van der Waals surface area (Å²) in [5, 5.41) is 10.8. The maximum Gasteiger partial charge on any atom is 0.275 e. The molecule has 3 aliphatic heterocycles. The summed E-state index contributed by atoms with van der Waals surface area (Å²) < 4.78 is 6.24. The molecule has 0 unspecified atom stereocenters. The highest BCUT2D eigenvalue weighted by atomic mass is 16.5. The van der Waals surface area contributed by atoms with E-state index in [1.165, 1.54) is 12.8 Å². The molecule has 5 rings (SSSR count). The van der Waals surface area contributed by atoms with Crippen molar-refractivity contribution in [2.24, 2.45) is 0 Å². The lowest BCUT2D eigenvalue weighted by Gasteiger charge is -2.42. The highest BCUT2D eigenvalue weighted by Gasteiger charge is 2.39. The average Bonchev–Trinajstić information content (AvgIpc) is 3.43. The molecule has 29 heavy (non-hydrogen) atoms. The summed E-state index contributed by atoms with van der Waals surface area (Å²) in [6, 6.07) is 10.2. The number of likely N-dealkylation sites (tertiary alicyclic amines) is 1. The van der Waals surface area contributed by atoms with Gasteiger partial charge in [0.05, 0.1) is 24.4 Å². The van der Waals surface area contributed by atoms with Crippen molar-refractivity contribution < 1.29 is 9.53 Å². The Kier molecular flexibility index (Phi) is 5.35. The van der Waals surface area contributed by atoms with Gasteiger partial charge in [-0.05, 0) is 44.5 Å². The molecular formula is C22H29N5O2. The van der Waals surface area contributed by atoms with Gasteiger partial charge in [-0.3, -0.25) is 9.89 Å². The van der Waals surface area contributed by atoms with E-state index >= 15 is 0 Å². The van der Waals surface area contributed by atoms with Gasteiger partial charge >= 0.3 is 0 Å². The number of morpholine rings is 1. The maximum atomic E-state index is 13.7. The minimum atomic E-state index is -0.0906. The summed E-state index contributed by atoms with van der Waals surface area (Å²) in [7, 11) is 0. The predicted molar refractivity (Wildman–Crippen MR) is 110 cm³/mol. The second-order valence-corrected chi connectivity index (χ2v) is 8.23. The van der Waals surface area contributed by atoms with Crippen LogP contribution in [-0.4, -0.2) is 71.3 Å². The van der Waals surface area contributed by atoms with Crippen LogP contribution >= 0.6 is 0 Å². The van der Waals surface area contributed by atoms with Gasteiger partial charge in [-0.1, -0.05) is 30.3 Å². The second-order valence-electron chi connectivity index (χ2n) is 8.23. The fraction of sp³-hybridized carbons (Fsp3) is 0.545. The number of aromatic nitrogens is 2. The normalized spacial score (nSPS) is 25.2. The first kappa shape index (κ1) is 18.8. The van der Waals surface area contributed by atoms with E-state index in [0.29, 0.717) is 18.8 Å². The van der Waals surface area contributed by atoms with E-state index in [9.17, 15) is 4.79 Å². The lowest BCUT2D eigenvalue weighted by molar-refractivity contribution is -0.0709. The van der Waals surface area contributed by atoms with Crippen molar-refractivity contribution in [2.75, 3.05) is 39.3 Å². The van der Waals surface area contributed by atoms with Gasteiger partial charge in [0.25, 0.3) is 5.91 Å². The van der Waals surface area contributed by atoms with E-state index in [1.54, 1.807) is 0 Å². The number of ether oxygens (including phenoxy) is 1. The molecule has 2 fully saturated rings. The predicted octanol–water partition coefficient (Wildman–Crippen LogP) is 1.73. The first-order chi connectivity index (χ1) is 14.3. The number of aromatic amines is 1. The average molecular weight is 396 g/mol. The summed E-state index contributed by atoms with van der Waals surface area (Å²) in [4.78, 5) is 18.1. The number of H-pyrrole nitrogens is 1. The number of hydrogen-bond donors (Lipinski definition) is 2. The van der Waals surface area contributed by atoms with Gasteiger partial charge in [0.2, 0.25) is 0 Å². The van der Waals surface area contributed by atoms with Crippen LogP contribution in [0, 0.1) is 0 Å². The van der Waals surface area contributed by atoms with Gasteiger partial charge in [-0.2, -0.15) is 5.10 Å². The monoisotopic (exact) mass is 395 g/mol. The van der Waals surface area contributed by atoms with E-state index in [-0.39, 0.29) is 18.1 Å². The minimum Gasteiger partial charge on any atom is -0.373 e. The molecule has 1 aromatic heterocycles. The Bertz CT molecular complexity index is 846. The van der Waals surface area contributed by atoms with Crippen molar-refractivity contribution in [3.63, 3.8) is 0 Å². The molecular weight excluding hydrogens is 366 g/mol. The molecule has 2 aromatic rings. The van der Waals surface area contributed by atoms with Crippen molar-refractivity contribution in [2.45, 2.75) is 38.0 Å². The number of rotatable bonds is 4. The van der Waals surface area contributed by atoms with Crippen molar-refractivity contribution in [3.8, 4) is 0 Å². The molecule has 3 aliphatic rings. The van der Waals surface area contributed by atoms with Crippen LogP contribution in [0.15, 0.2) is 30.3 Å². The first-order valence-electron chi connectivity index (χ1n) is 10.8. The number of benzene rings is 1. The van der Waals surface area contributed by atoms with Crippen LogP contribution in [0.5, 0.6) is 0 Å². The Morgan fingerprint density at radius 1 is 1.17 bits per heavy atom. The molecule has 0 radical (unpaired) electrons. The van der Waals surface area contributed by atoms with Gasteiger partial charge < -0.3 is 19.9 Å². The molecule has 2 atom stereocenters. The van der Waals surface area contributed by atoms with Crippen LogP contribution in [-0.2, 0) is 17.7 Å². The topological polar surface area (TPSA) is 73.5 Å². The van der Waals surface area contributed by atoms with Crippen molar-refractivity contribution >= 4 is 5.91 Å². The molecule has 7 heteroatoms. The smallest absolute Gasteiger partial charge is 0.275 e. The van der Waals surface area contributed by atoms with Gasteiger partial charge in [-0.15, -0.1) is 0 Å². The first-order valence-corrected chi connectivity index (χ1v) is 10.8.